The van der Waals surface area contributed by atoms with Crippen LogP contribution in [-0.4, -0.2) is 62.7 Å². The molecule has 4 rings (SSSR count). The fraction of sp³-hybridized carbons (Fsp3) is 0.542. The standard InChI is InChI=1S/C24H32N2O4S/c1-28-19-14-21(29-2)20(22(15-19)30-3)4-5-24(27)25-10-6-18(7-11-25)26-12-8-23-17(16-26)9-13-31-23/h9,13-15,18H,4-8,10-12,16H2,1-3H3. The van der Waals surface area contributed by atoms with Crippen LogP contribution in [0.4, 0.5) is 0 Å². The number of fused-ring (bicyclic) bond motifs is 1. The maximum atomic E-state index is 12.9. The molecule has 7 heteroatoms. The van der Waals surface area contributed by atoms with Gasteiger partial charge >= 0.3 is 0 Å². The van der Waals surface area contributed by atoms with E-state index in [1.54, 1.807) is 26.2 Å². The van der Waals surface area contributed by atoms with Crippen LogP contribution in [0.15, 0.2) is 23.6 Å². The highest BCUT2D eigenvalue weighted by Crippen LogP contribution is 2.35. The lowest BCUT2D eigenvalue weighted by Gasteiger charge is -2.40. The first-order valence-corrected chi connectivity index (χ1v) is 11.9. The van der Waals surface area contributed by atoms with Crippen LogP contribution in [0.1, 0.15) is 35.3 Å². The van der Waals surface area contributed by atoms with Crippen LogP contribution in [0.2, 0.25) is 0 Å². The second-order valence-electron chi connectivity index (χ2n) is 8.21. The first-order chi connectivity index (χ1) is 15.1. The van der Waals surface area contributed by atoms with Gasteiger partial charge in [-0.25, -0.2) is 0 Å². The molecule has 0 aliphatic carbocycles. The number of benzene rings is 1. The first-order valence-electron chi connectivity index (χ1n) is 11.0. The van der Waals surface area contributed by atoms with E-state index in [-0.39, 0.29) is 5.91 Å². The summed E-state index contributed by atoms with van der Waals surface area (Å²) in [7, 11) is 4.87. The number of likely N-dealkylation sites (tertiary alicyclic amines) is 1. The van der Waals surface area contributed by atoms with Crippen LogP contribution >= 0.6 is 11.3 Å². The van der Waals surface area contributed by atoms with Gasteiger partial charge in [0.1, 0.15) is 17.2 Å². The Kier molecular flexibility index (Phi) is 7.02. The minimum atomic E-state index is 0.206. The average molecular weight is 445 g/mol. The van der Waals surface area contributed by atoms with Gasteiger partial charge in [-0.05, 0) is 42.7 Å². The van der Waals surface area contributed by atoms with E-state index in [2.05, 4.69) is 16.3 Å². The van der Waals surface area contributed by atoms with Crippen LogP contribution in [0, 0.1) is 0 Å². The van der Waals surface area contributed by atoms with Crippen molar-refractivity contribution in [3.63, 3.8) is 0 Å². The molecule has 1 aromatic heterocycles. The van der Waals surface area contributed by atoms with Crippen molar-refractivity contribution in [1.82, 2.24) is 9.80 Å². The van der Waals surface area contributed by atoms with E-state index >= 15 is 0 Å². The lowest BCUT2D eigenvalue weighted by Crippen LogP contribution is -2.48. The van der Waals surface area contributed by atoms with E-state index in [1.165, 1.54) is 5.56 Å². The maximum absolute atomic E-state index is 12.9. The summed E-state index contributed by atoms with van der Waals surface area (Å²) in [6.45, 7) is 3.89. The van der Waals surface area contributed by atoms with Crippen LogP contribution in [0.25, 0.3) is 0 Å². The Balaban J connectivity index is 1.31. The molecule has 0 atom stereocenters. The first kappa shape index (κ1) is 22.0. The van der Waals surface area contributed by atoms with Gasteiger partial charge in [0.15, 0.2) is 0 Å². The van der Waals surface area contributed by atoms with Gasteiger partial charge in [-0.2, -0.15) is 0 Å². The third-order valence-electron chi connectivity index (χ3n) is 6.58. The zero-order valence-electron chi connectivity index (χ0n) is 18.7. The quantitative estimate of drug-likeness (QED) is 0.651. The molecule has 3 heterocycles. The molecule has 0 N–H and O–H groups in total. The van der Waals surface area contributed by atoms with E-state index in [4.69, 9.17) is 14.2 Å². The zero-order valence-corrected chi connectivity index (χ0v) is 19.5. The van der Waals surface area contributed by atoms with Gasteiger partial charge in [-0.1, -0.05) is 0 Å². The molecule has 2 aromatic rings. The number of hydrogen-bond donors (Lipinski definition) is 0. The highest BCUT2D eigenvalue weighted by Gasteiger charge is 2.29. The lowest BCUT2D eigenvalue weighted by molar-refractivity contribution is -0.132. The van der Waals surface area contributed by atoms with Crippen LogP contribution in [0.5, 0.6) is 17.2 Å². The molecule has 0 radical (unpaired) electrons. The molecule has 1 saturated heterocycles. The average Bonchev–Trinajstić information content (AvgIpc) is 3.30. The summed E-state index contributed by atoms with van der Waals surface area (Å²) >= 11 is 1.88. The summed E-state index contributed by atoms with van der Waals surface area (Å²) < 4.78 is 16.3. The van der Waals surface area contributed by atoms with E-state index in [9.17, 15) is 4.79 Å². The molecule has 1 fully saturated rings. The minimum absolute atomic E-state index is 0.206. The zero-order chi connectivity index (χ0) is 21.8. The van der Waals surface area contributed by atoms with Crippen molar-refractivity contribution in [3.8, 4) is 17.2 Å². The molecule has 1 amide bonds. The van der Waals surface area contributed by atoms with Crippen molar-refractivity contribution in [1.29, 1.82) is 0 Å². The fourth-order valence-electron chi connectivity index (χ4n) is 4.78. The molecule has 0 unspecified atom stereocenters. The highest BCUT2D eigenvalue weighted by atomic mass is 32.1. The summed E-state index contributed by atoms with van der Waals surface area (Å²) in [6.07, 6.45) is 4.31. The van der Waals surface area contributed by atoms with Gasteiger partial charge in [0, 0.05) is 61.2 Å². The Labute approximate surface area is 188 Å². The Morgan fingerprint density at radius 1 is 1.06 bits per heavy atom. The predicted molar refractivity (Wildman–Crippen MR) is 122 cm³/mol. The number of ether oxygens (including phenoxy) is 3. The largest absolute Gasteiger partial charge is 0.496 e. The Morgan fingerprint density at radius 2 is 1.77 bits per heavy atom. The summed E-state index contributed by atoms with van der Waals surface area (Å²) in [4.78, 5) is 19.1. The molecule has 168 valence electrons. The lowest BCUT2D eigenvalue weighted by atomic mass is 9.99. The topological polar surface area (TPSA) is 51.2 Å². The third kappa shape index (κ3) is 4.83. The molecule has 31 heavy (non-hydrogen) atoms. The van der Waals surface area contributed by atoms with Crippen molar-refractivity contribution >= 4 is 17.2 Å². The molecule has 0 bridgehead atoms. The second-order valence-corrected chi connectivity index (χ2v) is 9.21. The SMILES string of the molecule is COc1cc(OC)c(CCC(=O)N2CCC(N3CCc4sccc4C3)CC2)c(OC)c1. The number of hydrogen-bond acceptors (Lipinski definition) is 6. The van der Waals surface area contributed by atoms with Crippen molar-refractivity contribution in [2.24, 2.45) is 0 Å². The Bertz CT molecular complexity index is 880. The number of amides is 1. The van der Waals surface area contributed by atoms with Crippen molar-refractivity contribution in [3.05, 3.63) is 39.6 Å². The highest BCUT2D eigenvalue weighted by molar-refractivity contribution is 7.10. The number of nitrogens with zero attached hydrogens (tertiary/aromatic N) is 2. The number of methoxy groups -OCH3 is 3. The van der Waals surface area contributed by atoms with E-state index in [0.29, 0.717) is 36.1 Å². The molecule has 2 aliphatic heterocycles. The van der Waals surface area contributed by atoms with Crippen LogP contribution in [0.3, 0.4) is 0 Å². The smallest absolute Gasteiger partial charge is 0.222 e. The number of piperidine rings is 1. The number of carbonyl (C=O) groups is 1. The molecule has 0 saturated carbocycles. The molecule has 2 aliphatic rings. The summed E-state index contributed by atoms with van der Waals surface area (Å²) in [6, 6.07) is 6.53. The molecular formula is C24H32N2O4S. The van der Waals surface area contributed by atoms with Gasteiger partial charge < -0.3 is 19.1 Å². The third-order valence-corrected chi connectivity index (χ3v) is 7.60. The molecular weight excluding hydrogens is 412 g/mol. The van der Waals surface area contributed by atoms with Gasteiger partial charge in [0.25, 0.3) is 0 Å². The second kappa shape index (κ2) is 9.92. The fourth-order valence-corrected chi connectivity index (χ4v) is 5.67. The summed E-state index contributed by atoms with van der Waals surface area (Å²) in [5.41, 5.74) is 2.41. The van der Waals surface area contributed by atoms with Gasteiger partial charge in [0.05, 0.1) is 21.3 Å². The van der Waals surface area contributed by atoms with Crippen molar-refractivity contribution < 1.29 is 19.0 Å². The van der Waals surface area contributed by atoms with Crippen molar-refractivity contribution in [2.45, 2.75) is 44.7 Å². The van der Waals surface area contributed by atoms with Crippen LogP contribution in [-0.2, 0) is 24.2 Å². The minimum Gasteiger partial charge on any atom is -0.496 e. The maximum Gasteiger partial charge on any atom is 0.222 e. The molecule has 0 spiro atoms. The van der Waals surface area contributed by atoms with E-state index in [1.807, 2.05) is 28.4 Å². The molecule has 6 nitrogen and oxygen atoms in total. The summed E-state index contributed by atoms with van der Waals surface area (Å²) in [5, 5.41) is 2.21. The van der Waals surface area contributed by atoms with Crippen LogP contribution < -0.4 is 14.2 Å². The van der Waals surface area contributed by atoms with Crippen molar-refractivity contribution in [2.75, 3.05) is 41.0 Å². The Hall–Kier alpha value is -2.25. The number of thiophene rings is 1. The number of carbonyl (C=O) groups excluding carboxylic acids is 1. The normalized spacial score (nSPS) is 17.3. The van der Waals surface area contributed by atoms with E-state index in [0.717, 1.165) is 51.0 Å². The molecule has 1 aromatic carbocycles. The van der Waals surface area contributed by atoms with E-state index < -0.39 is 0 Å². The predicted octanol–water partition coefficient (Wildman–Crippen LogP) is 3.76. The van der Waals surface area contributed by atoms with Gasteiger partial charge in [-0.15, -0.1) is 11.3 Å². The van der Waals surface area contributed by atoms with Gasteiger partial charge in [0.2, 0.25) is 5.91 Å². The number of rotatable bonds is 7. The van der Waals surface area contributed by atoms with Gasteiger partial charge in [-0.3, -0.25) is 9.69 Å². The Morgan fingerprint density at radius 3 is 2.42 bits per heavy atom. The monoisotopic (exact) mass is 444 g/mol. The summed E-state index contributed by atoms with van der Waals surface area (Å²) in [5.74, 6) is 2.27.